The number of anilines is 1. The van der Waals surface area contributed by atoms with Crippen molar-refractivity contribution in [1.82, 2.24) is 15.3 Å². The highest BCUT2D eigenvalue weighted by Crippen LogP contribution is 2.27. The zero-order valence-corrected chi connectivity index (χ0v) is 19.9. The third-order valence-corrected chi connectivity index (χ3v) is 6.48. The van der Waals surface area contributed by atoms with Crippen LogP contribution < -0.4 is 10.6 Å². The summed E-state index contributed by atoms with van der Waals surface area (Å²) < 4.78 is 0. The van der Waals surface area contributed by atoms with E-state index >= 15 is 0 Å². The first-order valence-corrected chi connectivity index (χ1v) is 12.0. The molecule has 34 heavy (non-hydrogen) atoms. The lowest BCUT2D eigenvalue weighted by Crippen LogP contribution is -2.27. The lowest BCUT2D eigenvalue weighted by atomic mass is 9.86. The van der Waals surface area contributed by atoms with Crippen LogP contribution in [0.2, 0.25) is 0 Å². The van der Waals surface area contributed by atoms with Crippen LogP contribution in [0.15, 0.2) is 61.1 Å². The molecule has 1 heterocycles. The van der Waals surface area contributed by atoms with E-state index in [0.29, 0.717) is 11.3 Å². The van der Waals surface area contributed by atoms with Gasteiger partial charge < -0.3 is 10.6 Å². The number of aromatic nitrogens is 2. The van der Waals surface area contributed by atoms with E-state index in [1.54, 1.807) is 18.6 Å². The SMILES string of the molecule is Cc1ccc(-c2cc(NCC(=O)C3CCCCC3)cc(C(=O)NC(C)c3cnccn3)c2)cc1. The largest absolute Gasteiger partial charge is 0.378 e. The van der Waals surface area contributed by atoms with Gasteiger partial charge in [-0.15, -0.1) is 0 Å². The van der Waals surface area contributed by atoms with E-state index in [2.05, 4.69) is 32.7 Å². The molecule has 1 amide bonds. The van der Waals surface area contributed by atoms with Gasteiger partial charge in [0.1, 0.15) is 0 Å². The van der Waals surface area contributed by atoms with Gasteiger partial charge in [0, 0.05) is 29.6 Å². The standard InChI is InChI=1S/C28H32N4O2/c1-19-8-10-21(11-9-19)23-14-24(28(34)32-20(2)26-17-29-12-13-30-26)16-25(15-23)31-18-27(33)22-6-4-3-5-7-22/h8-17,20,22,31H,3-7,18H2,1-2H3,(H,32,34). The van der Waals surface area contributed by atoms with Crippen LogP contribution in [0.3, 0.4) is 0 Å². The smallest absolute Gasteiger partial charge is 0.251 e. The van der Waals surface area contributed by atoms with E-state index < -0.39 is 0 Å². The number of rotatable bonds is 8. The average Bonchev–Trinajstić information content (AvgIpc) is 2.88. The maximum Gasteiger partial charge on any atom is 0.251 e. The molecule has 3 aromatic rings. The number of aryl methyl sites for hydroxylation is 1. The highest BCUT2D eigenvalue weighted by Gasteiger charge is 2.21. The molecule has 1 aliphatic rings. The van der Waals surface area contributed by atoms with Crippen molar-refractivity contribution in [3.63, 3.8) is 0 Å². The molecule has 6 heteroatoms. The molecule has 4 rings (SSSR count). The Balaban J connectivity index is 1.55. The molecule has 1 atom stereocenters. The van der Waals surface area contributed by atoms with Crippen molar-refractivity contribution in [1.29, 1.82) is 0 Å². The van der Waals surface area contributed by atoms with Crippen molar-refractivity contribution in [2.45, 2.75) is 52.0 Å². The molecular weight excluding hydrogens is 424 g/mol. The lowest BCUT2D eigenvalue weighted by Gasteiger charge is -2.21. The quantitative estimate of drug-likeness (QED) is 0.467. The molecule has 1 aromatic heterocycles. The molecular formula is C28H32N4O2. The number of nitrogens with one attached hydrogen (secondary N) is 2. The third-order valence-electron chi connectivity index (χ3n) is 6.48. The molecule has 0 bridgehead atoms. The molecule has 2 aromatic carbocycles. The second kappa shape index (κ2) is 11.1. The number of benzene rings is 2. The van der Waals surface area contributed by atoms with Crippen molar-refractivity contribution >= 4 is 17.4 Å². The number of Topliss-reactive ketones (excluding diaryl/α,β-unsaturated/α-hetero) is 1. The molecule has 1 aliphatic carbocycles. The molecule has 1 fully saturated rings. The van der Waals surface area contributed by atoms with Gasteiger partial charge in [-0.2, -0.15) is 0 Å². The fourth-order valence-electron chi connectivity index (χ4n) is 4.42. The average molecular weight is 457 g/mol. The van der Waals surface area contributed by atoms with Gasteiger partial charge in [0.15, 0.2) is 5.78 Å². The van der Waals surface area contributed by atoms with Crippen LogP contribution in [0.4, 0.5) is 5.69 Å². The molecule has 1 saturated carbocycles. The summed E-state index contributed by atoms with van der Waals surface area (Å²) in [5.74, 6) is 0.202. The molecule has 0 spiro atoms. The minimum absolute atomic E-state index is 0.150. The van der Waals surface area contributed by atoms with Crippen LogP contribution in [0, 0.1) is 12.8 Å². The van der Waals surface area contributed by atoms with E-state index in [4.69, 9.17) is 0 Å². The fraction of sp³-hybridized carbons (Fsp3) is 0.357. The lowest BCUT2D eigenvalue weighted by molar-refractivity contribution is -0.122. The summed E-state index contributed by atoms with van der Waals surface area (Å²) in [6, 6.07) is 13.6. The highest BCUT2D eigenvalue weighted by molar-refractivity contribution is 5.97. The summed E-state index contributed by atoms with van der Waals surface area (Å²) in [5, 5.41) is 6.30. The predicted octanol–water partition coefficient (Wildman–Crippen LogP) is 5.50. The topological polar surface area (TPSA) is 84.0 Å². The Kier molecular flexibility index (Phi) is 7.68. The van der Waals surface area contributed by atoms with Gasteiger partial charge in [0.25, 0.3) is 5.91 Å². The van der Waals surface area contributed by atoms with Gasteiger partial charge in [-0.05, 0) is 56.0 Å². The first-order valence-electron chi connectivity index (χ1n) is 12.0. The van der Waals surface area contributed by atoms with Crippen molar-refractivity contribution in [2.75, 3.05) is 11.9 Å². The number of ketones is 1. The van der Waals surface area contributed by atoms with Crippen molar-refractivity contribution in [3.8, 4) is 11.1 Å². The van der Waals surface area contributed by atoms with Gasteiger partial charge in [0.2, 0.25) is 0 Å². The second-order valence-corrected chi connectivity index (χ2v) is 9.15. The molecule has 2 N–H and O–H groups in total. The van der Waals surface area contributed by atoms with Gasteiger partial charge in [-0.25, -0.2) is 0 Å². The van der Waals surface area contributed by atoms with Crippen LogP contribution in [0.25, 0.3) is 11.1 Å². The van der Waals surface area contributed by atoms with Crippen LogP contribution in [0.5, 0.6) is 0 Å². The summed E-state index contributed by atoms with van der Waals surface area (Å²) in [4.78, 5) is 34.2. The van der Waals surface area contributed by atoms with Crippen LogP contribution in [-0.2, 0) is 4.79 Å². The number of nitrogens with zero attached hydrogens (tertiary/aromatic N) is 2. The Morgan fingerprint density at radius 3 is 2.47 bits per heavy atom. The van der Waals surface area contributed by atoms with Crippen LogP contribution in [-0.4, -0.2) is 28.2 Å². The first kappa shape index (κ1) is 23.6. The van der Waals surface area contributed by atoms with Crippen LogP contribution in [0.1, 0.15) is 66.7 Å². The monoisotopic (exact) mass is 456 g/mol. The normalized spacial score (nSPS) is 14.9. The van der Waals surface area contributed by atoms with E-state index in [1.807, 2.05) is 44.2 Å². The third kappa shape index (κ3) is 6.07. The number of amides is 1. The van der Waals surface area contributed by atoms with Gasteiger partial charge in [-0.1, -0.05) is 49.1 Å². The van der Waals surface area contributed by atoms with E-state index in [1.165, 1.54) is 12.0 Å². The Bertz CT molecular complexity index is 1120. The van der Waals surface area contributed by atoms with Crippen LogP contribution >= 0.6 is 0 Å². The Morgan fingerprint density at radius 1 is 1.00 bits per heavy atom. The maximum absolute atomic E-state index is 13.1. The second-order valence-electron chi connectivity index (χ2n) is 9.15. The van der Waals surface area contributed by atoms with E-state index in [-0.39, 0.29) is 30.2 Å². The summed E-state index contributed by atoms with van der Waals surface area (Å²) in [7, 11) is 0. The zero-order chi connectivity index (χ0) is 23.9. The number of hydrogen-bond donors (Lipinski definition) is 2. The first-order chi connectivity index (χ1) is 16.5. The summed E-state index contributed by atoms with van der Waals surface area (Å²) in [6.45, 7) is 4.21. The van der Waals surface area contributed by atoms with Gasteiger partial charge in [0.05, 0.1) is 24.5 Å². The molecule has 0 aliphatic heterocycles. The van der Waals surface area contributed by atoms with Crippen molar-refractivity contribution < 1.29 is 9.59 Å². The number of carbonyl (C=O) groups is 2. The molecule has 176 valence electrons. The molecule has 0 saturated heterocycles. The zero-order valence-electron chi connectivity index (χ0n) is 19.9. The summed E-state index contributed by atoms with van der Waals surface area (Å²) >= 11 is 0. The Hall–Kier alpha value is -3.54. The molecule has 0 radical (unpaired) electrons. The van der Waals surface area contributed by atoms with Gasteiger partial charge in [-0.3, -0.25) is 19.6 Å². The molecule has 1 unspecified atom stereocenters. The Morgan fingerprint density at radius 2 is 1.76 bits per heavy atom. The minimum atomic E-state index is -0.284. The summed E-state index contributed by atoms with van der Waals surface area (Å²) in [6.07, 6.45) is 10.3. The Labute approximate surface area is 201 Å². The van der Waals surface area contributed by atoms with Gasteiger partial charge >= 0.3 is 0 Å². The number of hydrogen-bond acceptors (Lipinski definition) is 5. The van der Waals surface area contributed by atoms with Crippen molar-refractivity contribution in [2.24, 2.45) is 5.92 Å². The number of carbonyl (C=O) groups excluding carboxylic acids is 2. The highest BCUT2D eigenvalue weighted by atomic mass is 16.1. The predicted molar refractivity (Wildman–Crippen MR) is 135 cm³/mol. The minimum Gasteiger partial charge on any atom is -0.378 e. The fourth-order valence-corrected chi connectivity index (χ4v) is 4.42. The maximum atomic E-state index is 13.1. The van der Waals surface area contributed by atoms with E-state index in [0.717, 1.165) is 42.5 Å². The van der Waals surface area contributed by atoms with E-state index in [9.17, 15) is 9.59 Å². The van der Waals surface area contributed by atoms with Crippen molar-refractivity contribution in [3.05, 3.63) is 77.9 Å². The molecule has 6 nitrogen and oxygen atoms in total. The summed E-state index contributed by atoms with van der Waals surface area (Å²) in [5.41, 5.74) is 5.10.